The summed E-state index contributed by atoms with van der Waals surface area (Å²) in [5.41, 5.74) is 3.79. The van der Waals surface area contributed by atoms with E-state index in [1.807, 2.05) is 12.5 Å². The number of aliphatic hydroxyl groups excluding tert-OH is 1. The molecule has 105 valence electrons. The van der Waals surface area contributed by atoms with E-state index < -0.39 is 0 Å². The van der Waals surface area contributed by atoms with Crippen LogP contribution in [0.2, 0.25) is 0 Å². The summed E-state index contributed by atoms with van der Waals surface area (Å²) in [6.45, 7) is 2.35. The van der Waals surface area contributed by atoms with E-state index >= 15 is 0 Å². The highest BCUT2D eigenvalue weighted by molar-refractivity contribution is 5.63. The number of aliphatic hydroxyl groups is 1. The van der Waals surface area contributed by atoms with Crippen LogP contribution in [-0.2, 0) is 0 Å². The average molecular weight is 267 g/mol. The Hall–Kier alpha value is -1.60. The Morgan fingerprint density at radius 3 is 2.20 bits per heavy atom. The van der Waals surface area contributed by atoms with E-state index in [2.05, 4.69) is 55.5 Å². The Morgan fingerprint density at radius 1 is 0.950 bits per heavy atom. The zero-order chi connectivity index (χ0) is 14.2. The molecule has 0 fully saturated rings. The van der Waals surface area contributed by atoms with Crippen molar-refractivity contribution in [2.75, 3.05) is 6.61 Å². The molecule has 1 N–H and O–H groups in total. The second kappa shape index (κ2) is 7.86. The smallest absolute Gasteiger partial charge is 0.0468 e. The first-order valence-electron chi connectivity index (χ1n) is 7.44. The van der Waals surface area contributed by atoms with Crippen LogP contribution in [0.5, 0.6) is 0 Å². The number of unbranched alkanes of at least 4 members (excludes halogenated alkanes) is 1. The highest BCUT2D eigenvalue weighted by Crippen LogP contribution is 2.27. The largest absolute Gasteiger partial charge is 0.396 e. The maximum Gasteiger partial charge on any atom is 0.0468 e. The molecule has 2 aromatic carbocycles. The number of rotatable bonds is 7. The number of benzene rings is 2. The van der Waals surface area contributed by atoms with Gasteiger partial charge in [0.25, 0.3) is 0 Å². The molecule has 0 bridgehead atoms. The SMILES string of the molecule is CCCCC([CH]CO)c1ccc(-c2ccccc2)cc1. The minimum Gasteiger partial charge on any atom is -0.396 e. The van der Waals surface area contributed by atoms with Crippen LogP contribution >= 0.6 is 0 Å². The first-order chi connectivity index (χ1) is 9.85. The van der Waals surface area contributed by atoms with E-state index in [1.54, 1.807) is 0 Å². The van der Waals surface area contributed by atoms with Crippen molar-refractivity contribution >= 4 is 0 Å². The summed E-state index contributed by atoms with van der Waals surface area (Å²) in [6.07, 6.45) is 5.51. The van der Waals surface area contributed by atoms with Crippen molar-refractivity contribution in [3.63, 3.8) is 0 Å². The van der Waals surface area contributed by atoms with E-state index in [4.69, 9.17) is 0 Å². The molecule has 0 spiro atoms. The topological polar surface area (TPSA) is 20.2 Å². The molecule has 0 aliphatic rings. The second-order valence-corrected chi connectivity index (χ2v) is 5.16. The quantitative estimate of drug-likeness (QED) is 0.762. The van der Waals surface area contributed by atoms with Gasteiger partial charge in [-0.25, -0.2) is 0 Å². The summed E-state index contributed by atoms with van der Waals surface area (Å²) in [7, 11) is 0. The molecule has 2 rings (SSSR count). The zero-order valence-corrected chi connectivity index (χ0v) is 12.1. The van der Waals surface area contributed by atoms with E-state index in [-0.39, 0.29) is 6.61 Å². The van der Waals surface area contributed by atoms with Crippen LogP contribution in [0, 0.1) is 6.42 Å². The van der Waals surface area contributed by atoms with Crippen LogP contribution in [0.4, 0.5) is 0 Å². The third kappa shape index (κ3) is 3.94. The molecule has 0 amide bonds. The van der Waals surface area contributed by atoms with E-state index in [0.717, 1.165) is 6.42 Å². The predicted molar refractivity (Wildman–Crippen MR) is 85.5 cm³/mol. The maximum atomic E-state index is 9.17. The summed E-state index contributed by atoms with van der Waals surface area (Å²) in [4.78, 5) is 0. The molecule has 0 heterocycles. The summed E-state index contributed by atoms with van der Waals surface area (Å²) in [5.74, 6) is 0.366. The van der Waals surface area contributed by atoms with Gasteiger partial charge in [-0.2, -0.15) is 0 Å². The van der Waals surface area contributed by atoms with Gasteiger partial charge in [0, 0.05) is 6.61 Å². The first-order valence-corrected chi connectivity index (χ1v) is 7.44. The highest BCUT2D eigenvalue weighted by Gasteiger charge is 2.11. The standard InChI is InChI=1S/C19H23O/c1-2-3-7-17(14-15-20)19-12-10-18(11-13-19)16-8-5-4-6-9-16/h4-6,8-14,17,20H,2-3,7,15H2,1H3. The lowest BCUT2D eigenvalue weighted by atomic mass is 9.90. The Labute approximate surface area is 122 Å². The van der Waals surface area contributed by atoms with Gasteiger partial charge in [0.15, 0.2) is 0 Å². The summed E-state index contributed by atoms with van der Waals surface area (Å²) in [6, 6.07) is 19.1. The molecule has 0 aliphatic carbocycles. The van der Waals surface area contributed by atoms with Gasteiger partial charge in [0.05, 0.1) is 0 Å². The van der Waals surface area contributed by atoms with Crippen molar-refractivity contribution < 1.29 is 5.11 Å². The Morgan fingerprint density at radius 2 is 1.60 bits per heavy atom. The van der Waals surface area contributed by atoms with Gasteiger partial charge in [0.1, 0.15) is 0 Å². The molecular formula is C19H23O. The van der Waals surface area contributed by atoms with Crippen molar-refractivity contribution in [2.45, 2.75) is 32.1 Å². The first kappa shape index (κ1) is 14.8. The summed E-state index contributed by atoms with van der Waals surface area (Å²) < 4.78 is 0. The van der Waals surface area contributed by atoms with Gasteiger partial charge < -0.3 is 5.11 Å². The predicted octanol–water partition coefficient (Wildman–Crippen LogP) is 4.82. The molecule has 1 unspecified atom stereocenters. The molecule has 1 nitrogen and oxygen atoms in total. The Balaban J connectivity index is 2.13. The van der Waals surface area contributed by atoms with Gasteiger partial charge in [-0.3, -0.25) is 0 Å². The Kier molecular flexibility index (Phi) is 5.82. The molecule has 1 heteroatoms. The lowest BCUT2D eigenvalue weighted by Crippen LogP contribution is -2.02. The molecule has 0 aliphatic heterocycles. The monoisotopic (exact) mass is 267 g/mol. The van der Waals surface area contributed by atoms with Crippen molar-refractivity contribution in [3.8, 4) is 11.1 Å². The lowest BCUT2D eigenvalue weighted by Gasteiger charge is -2.16. The van der Waals surface area contributed by atoms with Crippen LogP contribution in [0.25, 0.3) is 11.1 Å². The van der Waals surface area contributed by atoms with Gasteiger partial charge in [-0.1, -0.05) is 74.4 Å². The molecule has 2 aromatic rings. The van der Waals surface area contributed by atoms with Crippen molar-refractivity contribution in [1.82, 2.24) is 0 Å². The second-order valence-electron chi connectivity index (χ2n) is 5.16. The van der Waals surface area contributed by atoms with Crippen molar-refractivity contribution in [2.24, 2.45) is 0 Å². The number of hydrogen-bond acceptors (Lipinski definition) is 1. The van der Waals surface area contributed by atoms with Gasteiger partial charge in [-0.15, -0.1) is 0 Å². The highest BCUT2D eigenvalue weighted by atomic mass is 16.3. The van der Waals surface area contributed by atoms with Gasteiger partial charge >= 0.3 is 0 Å². The van der Waals surface area contributed by atoms with Crippen LogP contribution in [0.15, 0.2) is 54.6 Å². The normalized spacial score (nSPS) is 12.3. The fraction of sp³-hybridized carbons (Fsp3) is 0.316. The summed E-state index contributed by atoms with van der Waals surface area (Å²) in [5, 5.41) is 9.17. The average Bonchev–Trinajstić information content (AvgIpc) is 2.52. The minimum atomic E-state index is 0.148. The van der Waals surface area contributed by atoms with E-state index in [1.165, 1.54) is 29.5 Å². The number of hydrogen-bond donors (Lipinski definition) is 1. The molecule has 1 atom stereocenters. The fourth-order valence-corrected chi connectivity index (χ4v) is 2.53. The molecular weight excluding hydrogens is 244 g/mol. The van der Waals surface area contributed by atoms with Crippen LogP contribution in [0.1, 0.15) is 37.7 Å². The molecule has 0 saturated heterocycles. The summed E-state index contributed by atoms with van der Waals surface area (Å²) >= 11 is 0. The van der Waals surface area contributed by atoms with E-state index in [9.17, 15) is 5.11 Å². The molecule has 0 aromatic heterocycles. The van der Waals surface area contributed by atoms with Gasteiger partial charge in [-0.05, 0) is 35.4 Å². The lowest BCUT2D eigenvalue weighted by molar-refractivity contribution is 0.316. The minimum absolute atomic E-state index is 0.148. The van der Waals surface area contributed by atoms with Crippen LogP contribution in [0.3, 0.4) is 0 Å². The zero-order valence-electron chi connectivity index (χ0n) is 12.1. The maximum absolute atomic E-state index is 9.17. The van der Waals surface area contributed by atoms with Crippen molar-refractivity contribution in [1.29, 1.82) is 0 Å². The third-order valence-electron chi connectivity index (χ3n) is 3.70. The van der Waals surface area contributed by atoms with Crippen molar-refractivity contribution in [3.05, 3.63) is 66.6 Å². The Bertz CT molecular complexity index is 487. The van der Waals surface area contributed by atoms with E-state index in [0.29, 0.717) is 5.92 Å². The molecule has 20 heavy (non-hydrogen) atoms. The fourth-order valence-electron chi connectivity index (χ4n) is 2.53. The van der Waals surface area contributed by atoms with Crippen LogP contribution < -0.4 is 0 Å². The molecule has 1 radical (unpaired) electrons. The molecule has 0 saturated carbocycles. The third-order valence-corrected chi connectivity index (χ3v) is 3.70. The van der Waals surface area contributed by atoms with Gasteiger partial charge in [0.2, 0.25) is 0 Å². The van der Waals surface area contributed by atoms with Crippen LogP contribution in [-0.4, -0.2) is 11.7 Å².